The molecule has 0 heterocycles. The van der Waals surface area contributed by atoms with E-state index in [1.807, 2.05) is 13.8 Å². The molecule has 1 atom stereocenters. The highest BCUT2D eigenvalue weighted by Gasteiger charge is 2.13. The van der Waals surface area contributed by atoms with Gasteiger partial charge in [0.1, 0.15) is 17.5 Å². The van der Waals surface area contributed by atoms with Crippen molar-refractivity contribution in [3.05, 3.63) is 40.2 Å². The predicted octanol–water partition coefficient (Wildman–Crippen LogP) is 3.30. The maximum Gasteiger partial charge on any atom is 0.262 e. The molecule has 0 unspecified atom stereocenters. The highest BCUT2D eigenvalue weighted by Crippen LogP contribution is 2.21. The van der Waals surface area contributed by atoms with Crippen LogP contribution in [0, 0.1) is 17.1 Å². The molecule has 0 saturated carbocycles. The summed E-state index contributed by atoms with van der Waals surface area (Å²) < 4.78 is 13.6. The van der Waals surface area contributed by atoms with Crippen molar-refractivity contribution in [1.82, 2.24) is 5.32 Å². The number of hydrogen-bond donors (Lipinski definition) is 1. The van der Waals surface area contributed by atoms with Gasteiger partial charge in [-0.15, -0.1) is 0 Å². The summed E-state index contributed by atoms with van der Waals surface area (Å²) in [4.78, 5) is 11.8. The summed E-state index contributed by atoms with van der Waals surface area (Å²) in [6, 6.07) is 5.88. The molecule has 1 aromatic rings. The number of amides is 1. The van der Waals surface area contributed by atoms with Gasteiger partial charge in [0.05, 0.1) is 5.02 Å². The third-order valence-corrected chi connectivity index (χ3v) is 2.97. The summed E-state index contributed by atoms with van der Waals surface area (Å²) in [6.45, 7) is 3.73. The average Bonchev–Trinajstić information content (AvgIpc) is 2.38. The third-order valence-electron chi connectivity index (χ3n) is 2.64. The smallest absolute Gasteiger partial charge is 0.262 e. The molecule has 0 bridgehead atoms. The van der Waals surface area contributed by atoms with Gasteiger partial charge in [-0.1, -0.05) is 24.6 Å². The van der Waals surface area contributed by atoms with Gasteiger partial charge in [0, 0.05) is 11.6 Å². The van der Waals surface area contributed by atoms with Gasteiger partial charge in [-0.05, 0) is 31.6 Å². The molecule has 1 rings (SSSR count). The predicted molar refractivity (Wildman–Crippen MR) is 72.9 cm³/mol. The number of rotatable bonds is 4. The lowest BCUT2D eigenvalue weighted by Crippen LogP contribution is -2.32. The fourth-order valence-corrected chi connectivity index (χ4v) is 1.56. The molecule has 1 amide bonds. The molecule has 0 radical (unpaired) electrons. The van der Waals surface area contributed by atoms with E-state index in [-0.39, 0.29) is 22.2 Å². The topological polar surface area (TPSA) is 52.9 Å². The lowest BCUT2D eigenvalue weighted by molar-refractivity contribution is -0.117. The van der Waals surface area contributed by atoms with E-state index in [2.05, 4.69) is 5.32 Å². The minimum Gasteiger partial charge on any atom is -0.349 e. The molecule has 1 aromatic carbocycles. The molecule has 0 aliphatic heterocycles. The van der Waals surface area contributed by atoms with Crippen LogP contribution in [-0.2, 0) is 4.79 Å². The minimum absolute atomic E-state index is 0.0417. The molecule has 5 heteroatoms. The van der Waals surface area contributed by atoms with Crippen molar-refractivity contribution in [1.29, 1.82) is 5.26 Å². The Balaban J connectivity index is 3.07. The summed E-state index contributed by atoms with van der Waals surface area (Å²) in [5.74, 6) is -1.10. The largest absolute Gasteiger partial charge is 0.349 e. The normalized spacial score (nSPS) is 12.7. The Labute approximate surface area is 116 Å². The zero-order valence-electron chi connectivity index (χ0n) is 10.7. The molecule has 0 spiro atoms. The number of nitriles is 1. The number of nitrogens with zero attached hydrogens (tertiary/aromatic N) is 1. The number of nitrogens with one attached hydrogen (secondary N) is 1. The molecule has 0 aromatic heterocycles. The van der Waals surface area contributed by atoms with Gasteiger partial charge in [-0.25, -0.2) is 4.39 Å². The molecule has 0 aliphatic rings. The van der Waals surface area contributed by atoms with Crippen LogP contribution in [0.1, 0.15) is 25.8 Å². The van der Waals surface area contributed by atoms with E-state index >= 15 is 0 Å². The van der Waals surface area contributed by atoms with Crippen LogP contribution >= 0.6 is 11.6 Å². The first-order valence-electron chi connectivity index (χ1n) is 5.86. The maximum atomic E-state index is 13.6. The van der Waals surface area contributed by atoms with Crippen molar-refractivity contribution < 1.29 is 9.18 Å². The SMILES string of the molecule is CC[C@H](C)NC(=O)/C(C#N)=C/c1c(F)cccc1Cl. The number of halogens is 2. The van der Waals surface area contributed by atoms with E-state index in [1.54, 1.807) is 6.07 Å². The van der Waals surface area contributed by atoms with Crippen LogP contribution in [0.5, 0.6) is 0 Å². The first-order valence-corrected chi connectivity index (χ1v) is 6.24. The summed E-state index contributed by atoms with van der Waals surface area (Å²) in [7, 11) is 0. The molecule has 0 fully saturated rings. The van der Waals surface area contributed by atoms with Crippen LogP contribution in [0.25, 0.3) is 6.08 Å². The summed E-state index contributed by atoms with van der Waals surface area (Å²) in [5, 5.41) is 11.8. The lowest BCUT2D eigenvalue weighted by atomic mass is 10.1. The first kappa shape index (κ1) is 15.2. The van der Waals surface area contributed by atoms with Crippen LogP contribution < -0.4 is 5.32 Å². The van der Waals surface area contributed by atoms with Crippen LogP contribution in [-0.4, -0.2) is 11.9 Å². The van der Waals surface area contributed by atoms with Crippen LogP contribution in [0.4, 0.5) is 4.39 Å². The molecule has 100 valence electrons. The first-order chi connectivity index (χ1) is 8.99. The van der Waals surface area contributed by atoms with E-state index in [4.69, 9.17) is 16.9 Å². The highest BCUT2D eigenvalue weighted by atomic mass is 35.5. The van der Waals surface area contributed by atoms with Crippen LogP contribution in [0.15, 0.2) is 23.8 Å². The van der Waals surface area contributed by atoms with E-state index < -0.39 is 11.7 Å². The Hall–Kier alpha value is -1.86. The van der Waals surface area contributed by atoms with E-state index in [0.29, 0.717) is 0 Å². The fraction of sp³-hybridized carbons (Fsp3) is 0.286. The number of hydrogen-bond acceptors (Lipinski definition) is 2. The Morgan fingerprint density at radius 2 is 2.32 bits per heavy atom. The second-order valence-electron chi connectivity index (χ2n) is 4.09. The van der Waals surface area contributed by atoms with E-state index in [1.165, 1.54) is 18.2 Å². The maximum absolute atomic E-state index is 13.6. The molecular formula is C14H14ClFN2O. The Bertz CT molecular complexity index is 529. The molecule has 0 saturated heterocycles. The fourth-order valence-electron chi connectivity index (χ4n) is 1.35. The summed E-state index contributed by atoms with van der Waals surface area (Å²) >= 11 is 5.84. The van der Waals surface area contributed by atoms with E-state index in [0.717, 1.165) is 12.5 Å². The second kappa shape index (κ2) is 6.91. The number of carbonyl (C=O) groups excluding carboxylic acids is 1. The van der Waals surface area contributed by atoms with Gasteiger partial charge in [0.25, 0.3) is 5.91 Å². The minimum atomic E-state index is -0.573. The van der Waals surface area contributed by atoms with Crippen molar-refractivity contribution in [3.63, 3.8) is 0 Å². The molecule has 0 aliphatic carbocycles. The molecule has 19 heavy (non-hydrogen) atoms. The Kier molecular flexibility index (Phi) is 5.53. The number of carbonyl (C=O) groups is 1. The van der Waals surface area contributed by atoms with Gasteiger partial charge in [0.2, 0.25) is 0 Å². The quantitative estimate of drug-likeness (QED) is 0.679. The molecule has 3 nitrogen and oxygen atoms in total. The van der Waals surface area contributed by atoms with Gasteiger partial charge in [-0.3, -0.25) is 4.79 Å². The van der Waals surface area contributed by atoms with E-state index in [9.17, 15) is 9.18 Å². The molecule has 1 N–H and O–H groups in total. The van der Waals surface area contributed by atoms with Gasteiger partial charge < -0.3 is 5.32 Å². The van der Waals surface area contributed by atoms with Crippen LogP contribution in [0.2, 0.25) is 5.02 Å². The molecular weight excluding hydrogens is 267 g/mol. The van der Waals surface area contributed by atoms with Crippen molar-refractivity contribution in [2.45, 2.75) is 26.3 Å². The van der Waals surface area contributed by atoms with Gasteiger partial charge in [-0.2, -0.15) is 5.26 Å². The van der Waals surface area contributed by atoms with Gasteiger partial charge in [0.15, 0.2) is 0 Å². The highest BCUT2D eigenvalue weighted by molar-refractivity contribution is 6.32. The Morgan fingerprint density at radius 1 is 1.63 bits per heavy atom. The zero-order chi connectivity index (χ0) is 14.4. The average molecular weight is 281 g/mol. The lowest BCUT2D eigenvalue weighted by Gasteiger charge is -2.10. The van der Waals surface area contributed by atoms with Crippen molar-refractivity contribution >= 4 is 23.6 Å². The standard InChI is InChI=1S/C14H14ClFN2O/c1-3-9(2)18-14(19)10(8-17)7-11-12(15)5-4-6-13(11)16/h4-7,9H,3H2,1-2H3,(H,18,19)/b10-7+/t9-/m0/s1. The second-order valence-corrected chi connectivity index (χ2v) is 4.50. The summed E-state index contributed by atoms with van der Waals surface area (Å²) in [5.41, 5.74) is -0.132. The summed E-state index contributed by atoms with van der Waals surface area (Å²) in [6.07, 6.45) is 1.90. The third kappa shape index (κ3) is 4.08. The van der Waals surface area contributed by atoms with Crippen molar-refractivity contribution in [2.24, 2.45) is 0 Å². The van der Waals surface area contributed by atoms with Gasteiger partial charge >= 0.3 is 0 Å². The van der Waals surface area contributed by atoms with Crippen molar-refractivity contribution in [2.75, 3.05) is 0 Å². The number of benzene rings is 1. The monoisotopic (exact) mass is 280 g/mol. The van der Waals surface area contributed by atoms with Crippen LogP contribution in [0.3, 0.4) is 0 Å². The Morgan fingerprint density at radius 3 is 2.84 bits per heavy atom. The van der Waals surface area contributed by atoms with Crippen molar-refractivity contribution in [3.8, 4) is 6.07 Å². The zero-order valence-corrected chi connectivity index (χ0v) is 11.5.